The van der Waals surface area contributed by atoms with Gasteiger partial charge in [0.05, 0.1) is 31.3 Å². The van der Waals surface area contributed by atoms with E-state index in [0.29, 0.717) is 17.1 Å². The van der Waals surface area contributed by atoms with Crippen LogP contribution >= 0.6 is 11.6 Å². The monoisotopic (exact) mass is 385 g/mol. The first-order chi connectivity index (χ1) is 13.1. The van der Waals surface area contributed by atoms with Gasteiger partial charge in [-0.3, -0.25) is 4.84 Å². The second kappa shape index (κ2) is 8.70. The number of nitrogens with zero attached hydrogens (tertiary/aromatic N) is 3. The Bertz CT molecular complexity index is 909. The summed E-state index contributed by atoms with van der Waals surface area (Å²) >= 11 is 5.93. The molecule has 0 aliphatic rings. The number of carbonyl (C=O) groups is 1. The Labute approximate surface area is 162 Å². The summed E-state index contributed by atoms with van der Waals surface area (Å²) in [5.41, 5.74) is 3.51. The van der Waals surface area contributed by atoms with Gasteiger partial charge >= 0.3 is 6.09 Å². The van der Waals surface area contributed by atoms with Crippen molar-refractivity contribution in [1.82, 2.24) is 9.78 Å². The molecule has 6 nitrogen and oxygen atoms in total. The van der Waals surface area contributed by atoms with Crippen LogP contribution in [0.4, 0.5) is 10.5 Å². The van der Waals surface area contributed by atoms with Crippen LogP contribution in [0, 0.1) is 0 Å². The summed E-state index contributed by atoms with van der Waals surface area (Å²) in [7, 11) is 2.75. The third kappa shape index (κ3) is 4.48. The fraction of sp³-hybridized carbons (Fsp3) is 0.200. The molecule has 2 aromatic carbocycles. The van der Waals surface area contributed by atoms with Crippen molar-refractivity contribution in [2.24, 2.45) is 0 Å². The lowest BCUT2D eigenvalue weighted by Crippen LogP contribution is -2.30. The molecule has 0 bridgehead atoms. The molecule has 0 radical (unpaired) electrons. The Morgan fingerprint density at radius 1 is 1.07 bits per heavy atom. The lowest BCUT2D eigenvalue weighted by atomic mass is 10.1. The number of carbonyl (C=O) groups excluding carboxylic acids is 1. The number of benzene rings is 2. The minimum absolute atomic E-state index is 0.572. The molecule has 3 aromatic rings. The van der Waals surface area contributed by atoms with Crippen LogP contribution in [-0.2, 0) is 22.4 Å². The van der Waals surface area contributed by atoms with Crippen molar-refractivity contribution in [3.05, 3.63) is 77.1 Å². The molecule has 0 saturated heterocycles. The number of halogens is 1. The van der Waals surface area contributed by atoms with Gasteiger partial charge in [-0.05, 0) is 54.8 Å². The van der Waals surface area contributed by atoms with Gasteiger partial charge in [-0.25, -0.2) is 9.48 Å². The van der Waals surface area contributed by atoms with Crippen LogP contribution < -0.4 is 5.06 Å². The normalized spacial score (nSPS) is 10.6. The maximum atomic E-state index is 11.9. The molecule has 0 aliphatic carbocycles. The van der Waals surface area contributed by atoms with Crippen LogP contribution in [0.5, 0.6) is 0 Å². The van der Waals surface area contributed by atoms with Gasteiger partial charge < -0.3 is 4.74 Å². The van der Waals surface area contributed by atoms with E-state index >= 15 is 0 Å². The highest BCUT2D eigenvalue weighted by Gasteiger charge is 2.19. The second-order valence-corrected chi connectivity index (χ2v) is 6.24. The van der Waals surface area contributed by atoms with E-state index in [4.69, 9.17) is 21.2 Å². The number of rotatable bonds is 6. The van der Waals surface area contributed by atoms with E-state index in [2.05, 4.69) is 5.10 Å². The van der Waals surface area contributed by atoms with Crippen molar-refractivity contribution in [3.8, 4) is 5.69 Å². The molecule has 0 spiro atoms. The first-order valence-corrected chi connectivity index (χ1v) is 8.80. The fourth-order valence-corrected chi connectivity index (χ4v) is 2.90. The number of hydrogen-bond acceptors (Lipinski definition) is 4. The largest absolute Gasteiger partial charge is 0.451 e. The van der Waals surface area contributed by atoms with E-state index in [1.165, 1.54) is 14.2 Å². The third-order valence-electron chi connectivity index (χ3n) is 4.12. The molecule has 0 unspecified atom stereocenters. The SMILES string of the molecule is COC(=O)N(OC)c1ccccc1CCc1ccn(-c2ccc(Cl)cc2)n1. The van der Waals surface area contributed by atoms with Gasteiger partial charge in [-0.2, -0.15) is 10.2 Å². The van der Waals surface area contributed by atoms with Crippen LogP contribution in [0.3, 0.4) is 0 Å². The summed E-state index contributed by atoms with van der Waals surface area (Å²) in [5, 5.41) is 6.44. The number of methoxy groups -OCH3 is 1. The van der Waals surface area contributed by atoms with Crippen LogP contribution in [-0.4, -0.2) is 30.1 Å². The Balaban J connectivity index is 1.74. The predicted molar refractivity (Wildman–Crippen MR) is 104 cm³/mol. The van der Waals surface area contributed by atoms with E-state index < -0.39 is 6.09 Å². The summed E-state index contributed by atoms with van der Waals surface area (Å²) in [6, 6.07) is 17.0. The smallest absolute Gasteiger partial charge is 0.438 e. The highest BCUT2D eigenvalue weighted by Crippen LogP contribution is 2.23. The van der Waals surface area contributed by atoms with Gasteiger partial charge in [0.2, 0.25) is 0 Å². The molecule has 0 N–H and O–H groups in total. The lowest BCUT2D eigenvalue weighted by molar-refractivity contribution is 0.115. The minimum Gasteiger partial charge on any atom is -0.451 e. The summed E-state index contributed by atoms with van der Waals surface area (Å²) < 4.78 is 6.59. The van der Waals surface area contributed by atoms with E-state index in [0.717, 1.165) is 28.4 Å². The zero-order valence-corrected chi connectivity index (χ0v) is 15.9. The average Bonchev–Trinajstić information content (AvgIpc) is 3.17. The molecule has 7 heteroatoms. The molecular weight excluding hydrogens is 366 g/mol. The Hall–Kier alpha value is -2.83. The van der Waals surface area contributed by atoms with Crippen molar-refractivity contribution < 1.29 is 14.4 Å². The number of hydroxylamine groups is 1. The average molecular weight is 386 g/mol. The van der Waals surface area contributed by atoms with Gasteiger partial charge in [0, 0.05) is 11.2 Å². The molecule has 1 amide bonds. The van der Waals surface area contributed by atoms with Crippen LogP contribution in [0.15, 0.2) is 60.8 Å². The van der Waals surface area contributed by atoms with Crippen molar-refractivity contribution >= 4 is 23.4 Å². The number of amides is 1. The first kappa shape index (κ1) is 18.9. The summed E-state index contributed by atoms with van der Waals surface area (Å²) in [4.78, 5) is 17.1. The zero-order chi connectivity index (χ0) is 19.2. The predicted octanol–water partition coefficient (Wildman–Crippen LogP) is 4.45. The van der Waals surface area contributed by atoms with E-state index in [1.54, 1.807) is 0 Å². The molecule has 0 atom stereocenters. The minimum atomic E-state index is -0.572. The van der Waals surface area contributed by atoms with Gasteiger partial charge in [0.15, 0.2) is 0 Å². The Morgan fingerprint density at radius 3 is 2.52 bits per heavy atom. The van der Waals surface area contributed by atoms with Gasteiger partial charge in [0.25, 0.3) is 0 Å². The van der Waals surface area contributed by atoms with Gasteiger partial charge in [-0.15, -0.1) is 0 Å². The number of aromatic nitrogens is 2. The first-order valence-electron chi connectivity index (χ1n) is 8.43. The van der Waals surface area contributed by atoms with E-state index in [-0.39, 0.29) is 0 Å². The highest BCUT2D eigenvalue weighted by molar-refractivity contribution is 6.30. The van der Waals surface area contributed by atoms with Crippen molar-refractivity contribution in [1.29, 1.82) is 0 Å². The zero-order valence-electron chi connectivity index (χ0n) is 15.1. The number of aryl methyl sites for hydroxylation is 2. The molecule has 1 heterocycles. The number of para-hydroxylation sites is 1. The number of hydrogen-bond donors (Lipinski definition) is 0. The molecule has 0 aliphatic heterocycles. The summed E-state index contributed by atoms with van der Waals surface area (Å²) in [5.74, 6) is 0. The second-order valence-electron chi connectivity index (χ2n) is 5.80. The maximum Gasteiger partial charge on any atom is 0.438 e. The van der Waals surface area contributed by atoms with Gasteiger partial charge in [-0.1, -0.05) is 29.8 Å². The summed E-state index contributed by atoms with van der Waals surface area (Å²) in [6.07, 6.45) is 2.76. The van der Waals surface area contributed by atoms with E-state index in [1.807, 2.05) is 65.5 Å². The van der Waals surface area contributed by atoms with Crippen LogP contribution in [0.2, 0.25) is 5.02 Å². The Morgan fingerprint density at radius 2 is 1.81 bits per heavy atom. The third-order valence-corrected chi connectivity index (χ3v) is 4.37. The highest BCUT2D eigenvalue weighted by atomic mass is 35.5. The fourth-order valence-electron chi connectivity index (χ4n) is 2.77. The van der Waals surface area contributed by atoms with Crippen molar-refractivity contribution in [2.45, 2.75) is 12.8 Å². The lowest BCUT2D eigenvalue weighted by Gasteiger charge is -2.20. The number of anilines is 1. The van der Waals surface area contributed by atoms with Crippen LogP contribution in [0.1, 0.15) is 11.3 Å². The topological polar surface area (TPSA) is 56.6 Å². The molecule has 27 heavy (non-hydrogen) atoms. The van der Waals surface area contributed by atoms with Crippen molar-refractivity contribution in [2.75, 3.05) is 19.3 Å². The van der Waals surface area contributed by atoms with E-state index in [9.17, 15) is 4.79 Å². The molecular formula is C20H20ClN3O3. The Kier molecular flexibility index (Phi) is 6.11. The molecule has 0 saturated carbocycles. The standard InChI is InChI=1S/C20H20ClN3O3/c1-26-20(25)24(27-2)19-6-4-3-5-15(19)7-10-17-13-14-23(22-17)18-11-8-16(21)9-12-18/h3-6,8-9,11-14H,7,10H2,1-2H3. The van der Waals surface area contributed by atoms with Crippen LogP contribution in [0.25, 0.3) is 5.69 Å². The quantitative estimate of drug-likeness (QED) is 0.588. The maximum absolute atomic E-state index is 11.9. The number of ether oxygens (including phenoxy) is 1. The molecule has 140 valence electrons. The molecule has 1 aromatic heterocycles. The molecule has 0 fully saturated rings. The van der Waals surface area contributed by atoms with Crippen molar-refractivity contribution in [3.63, 3.8) is 0 Å². The van der Waals surface area contributed by atoms with Gasteiger partial charge in [0.1, 0.15) is 0 Å². The summed E-state index contributed by atoms with van der Waals surface area (Å²) in [6.45, 7) is 0. The molecule has 3 rings (SSSR count).